The van der Waals surface area contributed by atoms with Crippen molar-refractivity contribution in [1.29, 1.82) is 0 Å². The molecule has 0 aromatic carbocycles. The third-order valence-corrected chi connectivity index (χ3v) is 5.72. The van der Waals surface area contributed by atoms with Gasteiger partial charge in [0.1, 0.15) is 0 Å². The van der Waals surface area contributed by atoms with Crippen molar-refractivity contribution in [2.45, 2.75) is 39.0 Å². The third-order valence-electron chi connectivity index (χ3n) is 5.40. The number of hydrogen-bond donors (Lipinski definition) is 0. The predicted molar refractivity (Wildman–Crippen MR) is 106 cm³/mol. The number of imidazole rings is 1. The van der Waals surface area contributed by atoms with Crippen LogP contribution in [0.2, 0.25) is 0 Å². The van der Waals surface area contributed by atoms with E-state index in [1.807, 2.05) is 30.6 Å². The molecule has 0 aliphatic heterocycles. The lowest BCUT2D eigenvalue weighted by Gasteiger charge is -2.04. The summed E-state index contributed by atoms with van der Waals surface area (Å²) < 4.78 is 9.53. The molecule has 0 saturated heterocycles. The molecule has 5 rings (SSSR count). The summed E-state index contributed by atoms with van der Waals surface area (Å²) in [6.07, 6.45) is 4.93. The van der Waals surface area contributed by atoms with Gasteiger partial charge in [-0.2, -0.15) is 5.10 Å². The molecular weight excluding hydrogens is 359 g/mol. The summed E-state index contributed by atoms with van der Waals surface area (Å²) in [6, 6.07) is 1.99. The quantitative estimate of drug-likeness (QED) is 0.511. The number of aromatic nitrogens is 6. The number of fused-ring (bicyclic) bond motifs is 2. The first-order chi connectivity index (χ1) is 13.0. The number of aryl methyl sites for hydroxylation is 3. The van der Waals surface area contributed by atoms with Crippen LogP contribution in [0.5, 0.6) is 5.75 Å². The van der Waals surface area contributed by atoms with E-state index in [0.717, 1.165) is 57.4 Å². The Morgan fingerprint density at radius 2 is 1.96 bits per heavy atom. The zero-order chi connectivity index (χ0) is 18.9. The average Bonchev–Trinajstić information content (AvgIpc) is 3.18. The minimum Gasteiger partial charge on any atom is -0.493 e. The van der Waals surface area contributed by atoms with Crippen molar-refractivity contribution >= 4 is 25.8 Å². The van der Waals surface area contributed by atoms with Gasteiger partial charge in [0.15, 0.2) is 22.9 Å². The summed E-state index contributed by atoms with van der Waals surface area (Å²) in [6.45, 7) is 6.08. The van der Waals surface area contributed by atoms with Crippen LogP contribution in [-0.2, 0) is 0 Å². The second-order valence-electron chi connectivity index (χ2n) is 7.26. The SMILES string of the molecule is COc1cc(P)cn2c(C)c(C3CC3c3nc4c(C)ncc(C)n4n3)nc12. The zero-order valence-electron chi connectivity index (χ0n) is 15.8. The van der Waals surface area contributed by atoms with Crippen LogP contribution in [0.1, 0.15) is 46.9 Å². The van der Waals surface area contributed by atoms with Crippen LogP contribution < -0.4 is 10.0 Å². The Kier molecular flexibility index (Phi) is 3.53. The number of hydrogen-bond acceptors (Lipinski definition) is 5. The molecule has 7 nitrogen and oxygen atoms in total. The number of rotatable bonds is 3. The van der Waals surface area contributed by atoms with Crippen molar-refractivity contribution < 1.29 is 4.74 Å². The summed E-state index contributed by atoms with van der Waals surface area (Å²) in [4.78, 5) is 14.1. The second-order valence-corrected chi connectivity index (χ2v) is 7.92. The largest absolute Gasteiger partial charge is 0.493 e. The summed E-state index contributed by atoms with van der Waals surface area (Å²) in [5.74, 6) is 2.31. The van der Waals surface area contributed by atoms with Gasteiger partial charge in [-0.05, 0) is 38.6 Å². The maximum absolute atomic E-state index is 5.52. The van der Waals surface area contributed by atoms with Gasteiger partial charge in [-0.3, -0.25) is 4.98 Å². The van der Waals surface area contributed by atoms with E-state index in [0.29, 0.717) is 11.8 Å². The second kappa shape index (κ2) is 5.73. The van der Waals surface area contributed by atoms with Gasteiger partial charge in [0.2, 0.25) is 0 Å². The minimum absolute atomic E-state index is 0.300. The lowest BCUT2D eigenvalue weighted by molar-refractivity contribution is 0.417. The summed E-state index contributed by atoms with van der Waals surface area (Å²) in [7, 11) is 4.41. The Labute approximate surface area is 159 Å². The molecule has 4 heterocycles. The Morgan fingerprint density at radius 1 is 1.15 bits per heavy atom. The Balaban J connectivity index is 1.56. The van der Waals surface area contributed by atoms with Gasteiger partial charge in [0.05, 0.1) is 24.2 Å². The first-order valence-electron chi connectivity index (χ1n) is 8.99. The van der Waals surface area contributed by atoms with Gasteiger partial charge < -0.3 is 9.14 Å². The third kappa shape index (κ3) is 2.45. The van der Waals surface area contributed by atoms with Crippen LogP contribution in [0.4, 0.5) is 0 Å². The first-order valence-corrected chi connectivity index (χ1v) is 9.56. The molecule has 1 aliphatic rings. The van der Waals surface area contributed by atoms with E-state index in [1.54, 1.807) is 7.11 Å². The molecule has 0 amide bonds. The fraction of sp³-hybridized carbons (Fsp3) is 0.368. The van der Waals surface area contributed by atoms with Crippen molar-refractivity contribution in [3.63, 3.8) is 0 Å². The van der Waals surface area contributed by atoms with E-state index >= 15 is 0 Å². The molecule has 3 unspecified atom stereocenters. The molecule has 27 heavy (non-hydrogen) atoms. The smallest absolute Gasteiger partial charge is 0.180 e. The van der Waals surface area contributed by atoms with Gasteiger partial charge in [0.25, 0.3) is 0 Å². The van der Waals surface area contributed by atoms with Crippen LogP contribution in [0.15, 0.2) is 18.5 Å². The van der Waals surface area contributed by atoms with E-state index in [4.69, 9.17) is 19.8 Å². The summed E-state index contributed by atoms with van der Waals surface area (Å²) in [5.41, 5.74) is 5.86. The van der Waals surface area contributed by atoms with Crippen molar-refractivity contribution in [1.82, 2.24) is 29.0 Å². The van der Waals surface area contributed by atoms with Crippen LogP contribution in [0, 0.1) is 20.8 Å². The Hall–Kier alpha value is -2.53. The Morgan fingerprint density at radius 3 is 2.70 bits per heavy atom. The standard InChI is InChI=1S/C19H21N6OP/c1-9-7-20-10(2)18-22-17(23-25(9)18)14-6-13(14)16-11(3)24-8-12(27)5-15(26-4)19(24)21-16/h5,7-8,13-14H,6,27H2,1-4H3. The van der Waals surface area contributed by atoms with E-state index in [1.165, 1.54) is 0 Å². The maximum atomic E-state index is 5.52. The molecule has 0 spiro atoms. The van der Waals surface area contributed by atoms with Crippen molar-refractivity contribution in [2.24, 2.45) is 0 Å². The van der Waals surface area contributed by atoms with Crippen molar-refractivity contribution in [3.05, 3.63) is 47.1 Å². The molecular formula is C19H21N6OP. The van der Waals surface area contributed by atoms with Crippen LogP contribution >= 0.6 is 9.24 Å². The van der Waals surface area contributed by atoms with Crippen molar-refractivity contribution in [2.75, 3.05) is 7.11 Å². The lowest BCUT2D eigenvalue weighted by Crippen LogP contribution is -2.00. The molecule has 0 bridgehead atoms. The molecule has 4 aromatic rings. The normalized spacial score (nSPS) is 19.1. The molecule has 0 radical (unpaired) electrons. The number of pyridine rings is 1. The predicted octanol–water partition coefficient (Wildman–Crippen LogP) is 2.48. The lowest BCUT2D eigenvalue weighted by atomic mass is 10.2. The molecule has 4 aromatic heterocycles. The maximum Gasteiger partial charge on any atom is 0.180 e. The first kappa shape index (κ1) is 16.6. The molecule has 8 heteroatoms. The average molecular weight is 380 g/mol. The van der Waals surface area contributed by atoms with Gasteiger partial charge >= 0.3 is 0 Å². The number of ether oxygens (including phenoxy) is 1. The fourth-order valence-electron chi connectivity index (χ4n) is 3.82. The highest BCUT2D eigenvalue weighted by Gasteiger charge is 2.45. The van der Waals surface area contributed by atoms with Crippen LogP contribution in [0.25, 0.3) is 11.3 Å². The fourth-order valence-corrected chi connectivity index (χ4v) is 4.12. The van der Waals surface area contributed by atoms with Crippen molar-refractivity contribution in [3.8, 4) is 5.75 Å². The summed E-state index contributed by atoms with van der Waals surface area (Å²) in [5, 5.41) is 5.81. The zero-order valence-corrected chi connectivity index (χ0v) is 16.9. The van der Waals surface area contributed by atoms with E-state index < -0.39 is 0 Å². The molecule has 1 aliphatic carbocycles. The van der Waals surface area contributed by atoms with Crippen LogP contribution in [0.3, 0.4) is 0 Å². The molecule has 1 saturated carbocycles. The van der Waals surface area contributed by atoms with Gasteiger partial charge in [-0.15, -0.1) is 9.24 Å². The molecule has 3 atom stereocenters. The molecule has 138 valence electrons. The van der Waals surface area contributed by atoms with E-state index in [9.17, 15) is 0 Å². The topological polar surface area (TPSA) is 69.6 Å². The van der Waals surface area contributed by atoms with Gasteiger partial charge in [-0.25, -0.2) is 14.5 Å². The monoisotopic (exact) mass is 380 g/mol. The molecule has 1 fully saturated rings. The highest BCUT2D eigenvalue weighted by Crippen LogP contribution is 2.54. The molecule has 0 N–H and O–H groups in total. The van der Waals surface area contributed by atoms with E-state index in [2.05, 4.69) is 31.7 Å². The summed E-state index contributed by atoms with van der Waals surface area (Å²) >= 11 is 0. The van der Waals surface area contributed by atoms with Gasteiger partial charge in [0, 0.05) is 29.9 Å². The highest BCUT2D eigenvalue weighted by atomic mass is 31.0. The van der Waals surface area contributed by atoms with Crippen LogP contribution in [-0.4, -0.2) is 36.1 Å². The van der Waals surface area contributed by atoms with Gasteiger partial charge in [-0.1, -0.05) is 0 Å². The highest BCUT2D eigenvalue weighted by molar-refractivity contribution is 7.27. The number of methoxy groups -OCH3 is 1. The minimum atomic E-state index is 0.300. The van der Waals surface area contributed by atoms with E-state index in [-0.39, 0.29) is 0 Å². The number of nitrogens with zero attached hydrogens (tertiary/aromatic N) is 6. The Bertz CT molecular complexity index is 1170.